The van der Waals surface area contributed by atoms with Crippen molar-refractivity contribution in [1.29, 1.82) is 5.26 Å². The van der Waals surface area contributed by atoms with Gasteiger partial charge >= 0.3 is 0 Å². The summed E-state index contributed by atoms with van der Waals surface area (Å²) in [6.07, 6.45) is 4.48. The highest BCUT2D eigenvalue weighted by molar-refractivity contribution is 5.79. The van der Waals surface area contributed by atoms with E-state index in [-0.39, 0.29) is 11.6 Å². The lowest BCUT2D eigenvalue weighted by atomic mass is 10.1. The molecule has 0 aliphatic heterocycles. The van der Waals surface area contributed by atoms with Gasteiger partial charge in [-0.25, -0.2) is 9.07 Å². The smallest absolute Gasteiger partial charge is 0.190 e. The van der Waals surface area contributed by atoms with Gasteiger partial charge in [-0.3, -0.25) is 4.99 Å². The molecule has 0 unspecified atom stereocenters. The molecule has 1 aromatic heterocycles. The molecule has 0 radical (unpaired) electrons. The maximum absolute atomic E-state index is 13.2. The van der Waals surface area contributed by atoms with Gasteiger partial charge in [-0.15, -0.1) is 0 Å². The molecule has 0 atom stereocenters. The second kappa shape index (κ2) is 13.2. The van der Waals surface area contributed by atoms with Crippen LogP contribution in [-0.4, -0.2) is 49.1 Å². The van der Waals surface area contributed by atoms with E-state index in [9.17, 15) is 9.65 Å². The first-order valence-corrected chi connectivity index (χ1v) is 10.7. The minimum atomic E-state index is -0.340. The molecule has 9 heteroatoms. The first-order chi connectivity index (χ1) is 15.1. The number of aromatic nitrogens is 2. The Morgan fingerprint density at radius 2 is 1.87 bits per heavy atom. The van der Waals surface area contributed by atoms with Crippen LogP contribution in [0, 0.1) is 17.1 Å². The molecular formula is C22H32FN7O. The van der Waals surface area contributed by atoms with E-state index in [4.69, 9.17) is 10.5 Å². The van der Waals surface area contributed by atoms with Crippen LogP contribution < -0.4 is 16.4 Å². The maximum Gasteiger partial charge on any atom is 0.190 e. The fraction of sp³-hybridized carbons (Fsp3) is 0.500. The van der Waals surface area contributed by atoms with Crippen LogP contribution in [0.3, 0.4) is 0 Å². The van der Waals surface area contributed by atoms with Crippen LogP contribution in [0.4, 0.5) is 10.2 Å². The molecule has 2 rings (SSSR count). The van der Waals surface area contributed by atoms with Crippen molar-refractivity contribution < 1.29 is 9.13 Å². The highest BCUT2D eigenvalue weighted by Crippen LogP contribution is 2.21. The molecule has 31 heavy (non-hydrogen) atoms. The Morgan fingerprint density at radius 1 is 1.19 bits per heavy atom. The number of nitrogens with zero attached hydrogens (tertiary/aromatic N) is 4. The Bertz CT molecular complexity index is 871. The Labute approximate surface area is 183 Å². The fourth-order valence-corrected chi connectivity index (χ4v) is 2.97. The minimum Gasteiger partial charge on any atom is -0.382 e. The SMILES string of the molecule is CCCCOCCCNC(=NC)NCCCc1nn(-c2ccc(F)cc2)c(N)c1C#N. The normalized spacial score (nSPS) is 11.4. The van der Waals surface area contributed by atoms with E-state index in [0.717, 1.165) is 51.4 Å². The van der Waals surface area contributed by atoms with Crippen LogP contribution >= 0.6 is 0 Å². The van der Waals surface area contributed by atoms with E-state index in [0.29, 0.717) is 29.9 Å². The van der Waals surface area contributed by atoms with E-state index in [1.807, 2.05) is 0 Å². The summed E-state index contributed by atoms with van der Waals surface area (Å²) in [5.41, 5.74) is 7.69. The zero-order valence-corrected chi connectivity index (χ0v) is 18.3. The minimum absolute atomic E-state index is 0.260. The molecule has 0 saturated heterocycles. The van der Waals surface area contributed by atoms with Crippen molar-refractivity contribution in [3.8, 4) is 11.8 Å². The standard InChI is InChI=1S/C22H32FN7O/c1-3-4-14-31-15-6-13-28-22(26-2)27-12-5-7-20-19(16-24)21(25)30(29-20)18-10-8-17(23)9-11-18/h8-11H,3-7,12-15,25H2,1-2H3,(H2,26,27,28). The lowest BCUT2D eigenvalue weighted by Crippen LogP contribution is -2.38. The fourth-order valence-electron chi connectivity index (χ4n) is 2.97. The second-order valence-corrected chi connectivity index (χ2v) is 7.06. The number of hydrogen-bond acceptors (Lipinski definition) is 5. The molecule has 0 fully saturated rings. The van der Waals surface area contributed by atoms with Crippen molar-refractivity contribution in [2.45, 2.75) is 39.0 Å². The number of benzene rings is 1. The van der Waals surface area contributed by atoms with Crippen LogP contribution in [0.1, 0.15) is 43.9 Å². The van der Waals surface area contributed by atoms with Gasteiger partial charge in [0.15, 0.2) is 5.96 Å². The van der Waals surface area contributed by atoms with Gasteiger partial charge < -0.3 is 21.1 Å². The number of nitrogens with two attached hydrogens (primary N) is 1. The van der Waals surface area contributed by atoms with Crippen molar-refractivity contribution in [1.82, 2.24) is 20.4 Å². The van der Waals surface area contributed by atoms with Gasteiger partial charge in [0, 0.05) is 33.4 Å². The van der Waals surface area contributed by atoms with Gasteiger partial charge in [0.05, 0.1) is 11.4 Å². The van der Waals surface area contributed by atoms with Gasteiger partial charge in [0.2, 0.25) is 0 Å². The van der Waals surface area contributed by atoms with Crippen LogP contribution in [0.2, 0.25) is 0 Å². The molecule has 2 aromatic rings. The number of rotatable bonds is 12. The molecule has 0 saturated carbocycles. The van der Waals surface area contributed by atoms with Gasteiger partial charge in [-0.1, -0.05) is 13.3 Å². The van der Waals surface area contributed by atoms with E-state index in [2.05, 4.69) is 33.7 Å². The second-order valence-electron chi connectivity index (χ2n) is 7.06. The lowest BCUT2D eigenvalue weighted by Gasteiger charge is -2.11. The zero-order chi connectivity index (χ0) is 22.5. The van der Waals surface area contributed by atoms with Crippen LogP contribution in [0.25, 0.3) is 5.69 Å². The molecule has 8 nitrogen and oxygen atoms in total. The average Bonchev–Trinajstić information content (AvgIpc) is 3.10. The summed E-state index contributed by atoms with van der Waals surface area (Å²) in [5.74, 6) is 0.647. The largest absolute Gasteiger partial charge is 0.382 e. The van der Waals surface area contributed by atoms with Gasteiger partial charge in [0.1, 0.15) is 23.3 Å². The van der Waals surface area contributed by atoms with Crippen molar-refractivity contribution in [2.24, 2.45) is 4.99 Å². The van der Waals surface area contributed by atoms with E-state index >= 15 is 0 Å². The first-order valence-electron chi connectivity index (χ1n) is 10.7. The summed E-state index contributed by atoms with van der Waals surface area (Å²) in [7, 11) is 1.73. The number of anilines is 1. The van der Waals surface area contributed by atoms with Gasteiger partial charge in [-0.2, -0.15) is 10.4 Å². The predicted molar refractivity (Wildman–Crippen MR) is 121 cm³/mol. The quantitative estimate of drug-likeness (QED) is 0.272. The summed E-state index contributed by atoms with van der Waals surface area (Å²) in [6.45, 7) is 5.15. The third-order valence-corrected chi connectivity index (χ3v) is 4.68. The number of aryl methyl sites for hydroxylation is 1. The number of nitrogens with one attached hydrogen (secondary N) is 2. The van der Waals surface area contributed by atoms with Gasteiger partial charge in [-0.05, 0) is 49.9 Å². The molecule has 4 N–H and O–H groups in total. The Kier molecular flexibility index (Phi) is 10.3. The molecule has 0 aliphatic carbocycles. The lowest BCUT2D eigenvalue weighted by molar-refractivity contribution is 0.129. The summed E-state index contributed by atoms with van der Waals surface area (Å²) < 4.78 is 20.2. The van der Waals surface area contributed by atoms with Crippen LogP contribution in [-0.2, 0) is 11.2 Å². The van der Waals surface area contributed by atoms with Crippen LogP contribution in [0.5, 0.6) is 0 Å². The monoisotopic (exact) mass is 429 g/mol. The number of hydrogen-bond donors (Lipinski definition) is 3. The molecule has 0 amide bonds. The molecular weight excluding hydrogens is 397 g/mol. The molecule has 168 valence electrons. The number of unbranched alkanes of at least 4 members (excludes halogenated alkanes) is 1. The third-order valence-electron chi connectivity index (χ3n) is 4.68. The van der Waals surface area contributed by atoms with Crippen molar-refractivity contribution in [3.63, 3.8) is 0 Å². The van der Waals surface area contributed by atoms with E-state index in [1.54, 1.807) is 19.2 Å². The predicted octanol–water partition coefficient (Wildman–Crippen LogP) is 2.77. The highest BCUT2D eigenvalue weighted by Gasteiger charge is 2.16. The summed E-state index contributed by atoms with van der Waals surface area (Å²) >= 11 is 0. The Balaban J connectivity index is 1.79. The number of guanidine groups is 1. The topological polar surface area (TPSA) is 113 Å². The van der Waals surface area contributed by atoms with E-state index in [1.165, 1.54) is 16.8 Å². The first kappa shape index (κ1) is 24.2. The van der Waals surface area contributed by atoms with Crippen LogP contribution in [0.15, 0.2) is 29.3 Å². The summed E-state index contributed by atoms with van der Waals surface area (Å²) in [5, 5.41) is 20.5. The number of aliphatic imine (C=N–C) groups is 1. The van der Waals surface area contributed by atoms with E-state index < -0.39 is 0 Å². The molecule has 0 spiro atoms. The number of halogens is 1. The van der Waals surface area contributed by atoms with Crippen molar-refractivity contribution >= 4 is 11.8 Å². The maximum atomic E-state index is 13.2. The summed E-state index contributed by atoms with van der Waals surface area (Å²) in [4.78, 5) is 4.21. The number of nitrogen functional groups attached to an aromatic ring is 1. The zero-order valence-electron chi connectivity index (χ0n) is 18.3. The molecule has 1 heterocycles. The van der Waals surface area contributed by atoms with Crippen molar-refractivity contribution in [2.75, 3.05) is 39.1 Å². The summed E-state index contributed by atoms with van der Waals surface area (Å²) in [6, 6.07) is 7.96. The molecule has 0 aliphatic rings. The Hall–Kier alpha value is -3.12. The van der Waals surface area contributed by atoms with Crippen molar-refractivity contribution in [3.05, 3.63) is 41.3 Å². The highest BCUT2D eigenvalue weighted by atomic mass is 19.1. The molecule has 0 bridgehead atoms. The molecule has 1 aromatic carbocycles. The van der Waals surface area contributed by atoms with Gasteiger partial charge in [0.25, 0.3) is 0 Å². The number of nitriles is 1. The average molecular weight is 430 g/mol. The third kappa shape index (κ3) is 7.57. The Morgan fingerprint density at radius 3 is 2.52 bits per heavy atom. The number of ether oxygens (including phenoxy) is 1.